The van der Waals surface area contributed by atoms with Crippen LogP contribution < -0.4 is 15.5 Å². The molecule has 0 spiro atoms. The second-order valence-corrected chi connectivity index (χ2v) is 7.22. The fraction of sp³-hybridized carbons (Fsp3) is 0.350. The molecule has 1 aromatic carbocycles. The van der Waals surface area contributed by atoms with E-state index in [1.807, 2.05) is 12.3 Å². The number of amides is 1. The predicted octanol–water partition coefficient (Wildman–Crippen LogP) is 3.17. The molecule has 0 radical (unpaired) electrons. The van der Waals surface area contributed by atoms with E-state index >= 15 is 0 Å². The Kier molecular flexibility index (Phi) is 5.47. The summed E-state index contributed by atoms with van der Waals surface area (Å²) < 4.78 is 38.4. The minimum atomic E-state index is -4.42. The Bertz CT molecular complexity index is 1030. The van der Waals surface area contributed by atoms with Gasteiger partial charge in [0.05, 0.1) is 17.5 Å². The minimum absolute atomic E-state index is 0.0708. The van der Waals surface area contributed by atoms with E-state index in [-0.39, 0.29) is 24.2 Å². The van der Waals surface area contributed by atoms with E-state index in [1.54, 1.807) is 0 Å². The van der Waals surface area contributed by atoms with Gasteiger partial charge in [-0.25, -0.2) is 9.97 Å². The van der Waals surface area contributed by atoms with E-state index in [4.69, 9.17) is 0 Å². The Morgan fingerprint density at radius 2 is 2.13 bits per heavy atom. The van der Waals surface area contributed by atoms with Crippen molar-refractivity contribution in [3.8, 4) is 0 Å². The number of carbonyl (C=O) groups excluding carboxylic acids is 1. The number of benzene rings is 1. The van der Waals surface area contributed by atoms with Gasteiger partial charge in [-0.3, -0.25) is 4.79 Å². The first-order valence-corrected chi connectivity index (χ1v) is 9.64. The molecule has 0 aliphatic carbocycles. The molecule has 7 nitrogen and oxygen atoms in total. The van der Waals surface area contributed by atoms with Crippen LogP contribution in [0.3, 0.4) is 0 Å². The van der Waals surface area contributed by atoms with E-state index in [0.717, 1.165) is 48.4 Å². The summed E-state index contributed by atoms with van der Waals surface area (Å²) >= 11 is 0. The van der Waals surface area contributed by atoms with E-state index < -0.39 is 11.7 Å². The molecule has 1 aliphatic heterocycles. The van der Waals surface area contributed by atoms with Gasteiger partial charge in [-0.1, -0.05) is 6.07 Å². The number of rotatable bonds is 5. The summed E-state index contributed by atoms with van der Waals surface area (Å²) in [6.45, 7) is 1.33. The average molecular weight is 418 g/mol. The molecule has 1 amide bonds. The second kappa shape index (κ2) is 8.21. The Morgan fingerprint density at radius 3 is 2.97 bits per heavy atom. The molecule has 1 atom stereocenters. The standard InChI is InChI=1S/C20H21F3N6O/c21-20(22,23)13-3-1-4-14(9-13)25-10-17(30)28-15-5-2-8-29(11-15)19-16-6-7-24-18(16)26-12-27-19/h1,3-4,6-7,9,12,15,25H,2,5,8,10-11H2,(H,28,30)(H,24,26,27)/t15-/m0/s1. The van der Waals surface area contributed by atoms with Gasteiger partial charge in [0.2, 0.25) is 5.91 Å². The number of nitrogens with one attached hydrogen (secondary N) is 3. The fourth-order valence-electron chi connectivity index (χ4n) is 3.66. The number of carbonyl (C=O) groups is 1. The highest BCUT2D eigenvalue weighted by atomic mass is 19.4. The summed E-state index contributed by atoms with van der Waals surface area (Å²) in [5.74, 6) is 0.552. The molecule has 4 rings (SSSR count). The highest BCUT2D eigenvalue weighted by Gasteiger charge is 2.30. The van der Waals surface area contributed by atoms with Crippen molar-refractivity contribution in [2.75, 3.05) is 29.9 Å². The van der Waals surface area contributed by atoms with Gasteiger partial charge >= 0.3 is 6.18 Å². The molecule has 1 fully saturated rings. The molecular formula is C20H21F3N6O. The monoisotopic (exact) mass is 418 g/mol. The van der Waals surface area contributed by atoms with Crippen molar-refractivity contribution in [2.45, 2.75) is 25.1 Å². The number of piperidine rings is 1. The van der Waals surface area contributed by atoms with Crippen LogP contribution in [-0.2, 0) is 11.0 Å². The molecule has 1 aliphatic rings. The van der Waals surface area contributed by atoms with Crippen molar-refractivity contribution in [1.82, 2.24) is 20.3 Å². The normalized spacial score (nSPS) is 17.2. The van der Waals surface area contributed by atoms with Gasteiger partial charge in [0.1, 0.15) is 17.8 Å². The first kappa shape index (κ1) is 20.0. The number of hydrogen-bond acceptors (Lipinski definition) is 5. The number of fused-ring (bicyclic) bond motifs is 1. The summed E-state index contributed by atoms with van der Waals surface area (Å²) in [7, 11) is 0. The van der Waals surface area contributed by atoms with Crippen LogP contribution in [0.2, 0.25) is 0 Å². The SMILES string of the molecule is O=C(CNc1cccc(C(F)(F)F)c1)N[C@H]1CCCN(c2ncnc3[nH]ccc23)C1. The smallest absolute Gasteiger partial charge is 0.376 e. The zero-order valence-electron chi connectivity index (χ0n) is 16.0. The number of hydrogen-bond donors (Lipinski definition) is 3. The highest BCUT2D eigenvalue weighted by Crippen LogP contribution is 2.30. The lowest BCUT2D eigenvalue weighted by Crippen LogP contribution is -2.49. The molecule has 0 saturated carbocycles. The highest BCUT2D eigenvalue weighted by molar-refractivity contribution is 5.87. The minimum Gasteiger partial charge on any atom is -0.376 e. The lowest BCUT2D eigenvalue weighted by molar-refractivity contribution is -0.137. The molecule has 3 N–H and O–H groups in total. The van der Waals surface area contributed by atoms with E-state index in [9.17, 15) is 18.0 Å². The summed E-state index contributed by atoms with van der Waals surface area (Å²) in [5.41, 5.74) is 0.259. The van der Waals surface area contributed by atoms with Crippen molar-refractivity contribution >= 4 is 28.4 Å². The van der Waals surface area contributed by atoms with Crippen LogP contribution in [0.4, 0.5) is 24.7 Å². The number of nitrogens with zero attached hydrogens (tertiary/aromatic N) is 3. The van der Waals surface area contributed by atoms with Crippen molar-refractivity contribution in [3.05, 3.63) is 48.4 Å². The topological polar surface area (TPSA) is 85.9 Å². The molecule has 3 aromatic rings. The second-order valence-electron chi connectivity index (χ2n) is 7.22. The number of anilines is 2. The zero-order chi connectivity index (χ0) is 21.1. The van der Waals surface area contributed by atoms with Crippen LogP contribution in [0.25, 0.3) is 11.0 Å². The van der Waals surface area contributed by atoms with Gasteiger partial charge in [-0.15, -0.1) is 0 Å². The zero-order valence-corrected chi connectivity index (χ0v) is 16.0. The number of aromatic amines is 1. The Balaban J connectivity index is 1.34. The average Bonchev–Trinajstić information content (AvgIpc) is 3.21. The van der Waals surface area contributed by atoms with Crippen molar-refractivity contribution in [2.24, 2.45) is 0 Å². The third kappa shape index (κ3) is 4.47. The maximum absolute atomic E-state index is 12.8. The quantitative estimate of drug-likeness (QED) is 0.593. The van der Waals surface area contributed by atoms with Crippen LogP contribution in [-0.4, -0.2) is 46.5 Å². The molecule has 1 saturated heterocycles. The molecule has 0 bridgehead atoms. The Labute approximate surface area is 170 Å². The predicted molar refractivity (Wildman–Crippen MR) is 107 cm³/mol. The number of H-pyrrole nitrogens is 1. The van der Waals surface area contributed by atoms with Crippen LogP contribution in [0.15, 0.2) is 42.9 Å². The maximum Gasteiger partial charge on any atom is 0.416 e. The van der Waals surface area contributed by atoms with Crippen molar-refractivity contribution < 1.29 is 18.0 Å². The van der Waals surface area contributed by atoms with Gasteiger partial charge in [0.15, 0.2) is 0 Å². The number of halogens is 3. The van der Waals surface area contributed by atoms with Crippen LogP contribution in [0.5, 0.6) is 0 Å². The molecule has 158 valence electrons. The lowest BCUT2D eigenvalue weighted by Gasteiger charge is -2.34. The van der Waals surface area contributed by atoms with E-state index in [1.165, 1.54) is 18.5 Å². The van der Waals surface area contributed by atoms with E-state index in [0.29, 0.717) is 6.54 Å². The van der Waals surface area contributed by atoms with Crippen LogP contribution in [0.1, 0.15) is 18.4 Å². The van der Waals surface area contributed by atoms with Crippen LogP contribution >= 0.6 is 0 Å². The third-order valence-corrected chi connectivity index (χ3v) is 5.06. The third-order valence-electron chi connectivity index (χ3n) is 5.06. The largest absolute Gasteiger partial charge is 0.416 e. The molecule has 2 aromatic heterocycles. The lowest BCUT2D eigenvalue weighted by atomic mass is 10.1. The first-order valence-electron chi connectivity index (χ1n) is 9.64. The van der Waals surface area contributed by atoms with E-state index in [2.05, 4.69) is 30.5 Å². The molecule has 10 heteroatoms. The molecular weight excluding hydrogens is 397 g/mol. The summed E-state index contributed by atoms with van der Waals surface area (Å²) in [4.78, 5) is 26.1. The van der Waals surface area contributed by atoms with Gasteiger partial charge in [-0.05, 0) is 37.1 Å². The maximum atomic E-state index is 12.8. The van der Waals surface area contributed by atoms with Gasteiger partial charge < -0.3 is 20.5 Å². The Morgan fingerprint density at radius 1 is 1.27 bits per heavy atom. The Hall–Kier alpha value is -3.30. The number of alkyl halides is 3. The van der Waals surface area contributed by atoms with Gasteiger partial charge in [-0.2, -0.15) is 13.2 Å². The van der Waals surface area contributed by atoms with Crippen molar-refractivity contribution in [3.63, 3.8) is 0 Å². The summed E-state index contributed by atoms with van der Waals surface area (Å²) in [5, 5.41) is 6.65. The molecule has 3 heterocycles. The number of aromatic nitrogens is 3. The molecule has 0 unspecified atom stereocenters. The first-order chi connectivity index (χ1) is 14.4. The van der Waals surface area contributed by atoms with Crippen LogP contribution in [0, 0.1) is 0 Å². The van der Waals surface area contributed by atoms with Gasteiger partial charge in [0, 0.05) is 31.0 Å². The fourth-order valence-corrected chi connectivity index (χ4v) is 3.66. The summed E-state index contributed by atoms with van der Waals surface area (Å²) in [6, 6.07) is 6.65. The van der Waals surface area contributed by atoms with Gasteiger partial charge in [0.25, 0.3) is 0 Å². The van der Waals surface area contributed by atoms with Crippen molar-refractivity contribution in [1.29, 1.82) is 0 Å². The molecule has 30 heavy (non-hydrogen) atoms. The summed E-state index contributed by atoms with van der Waals surface area (Å²) in [6.07, 6.45) is 0.618.